The summed E-state index contributed by atoms with van der Waals surface area (Å²) in [7, 11) is -2.93. The molecule has 0 saturated carbocycles. The Kier molecular flexibility index (Phi) is 3.41. The molecule has 2 aromatic carbocycles. The van der Waals surface area contributed by atoms with E-state index < -0.39 is 9.84 Å². The van der Waals surface area contributed by atoms with Crippen LogP contribution in [-0.4, -0.2) is 25.8 Å². The monoisotopic (exact) mass is 329 g/mol. The Balaban J connectivity index is 1.56. The number of amides is 1. The van der Waals surface area contributed by atoms with Crippen molar-refractivity contribution in [2.75, 3.05) is 16.8 Å². The van der Waals surface area contributed by atoms with Crippen LogP contribution in [0.2, 0.25) is 0 Å². The van der Waals surface area contributed by atoms with Crippen molar-refractivity contribution >= 4 is 32.2 Å². The number of anilines is 1. The molecule has 1 N–H and O–H groups in total. The lowest BCUT2D eigenvalue weighted by Crippen LogP contribution is -2.17. The largest absolute Gasteiger partial charge is 0.326 e. The minimum atomic E-state index is -2.93. The Bertz CT molecular complexity index is 892. The van der Waals surface area contributed by atoms with Gasteiger partial charge >= 0.3 is 0 Å². The maximum Gasteiger partial charge on any atom is 0.224 e. The predicted molar refractivity (Wildman–Crippen MR) is 91.4 cm³/mol. The van der Waals surface area contributed by atoms with Crippen molar-refractivity contribution in [3.63, 3.8) is 0 Å². The molecule has 0 radical (unpaired) electrons. The average Bonchev–Trinajstić information content (AvgIpc) is 3.07. The van der Waals surface area contributed by atoms with Crippen LogP contribution in [-0.2, 0) is 27.5 Å². The van der Waals surface area contributed by atoms with E-state index in [9.17, 15) is 13.2 Å². The quantitative estimate of drug-likeness (QED) is 0.942. The summed E-state index contributed by atoms with van der Waals surface area (Å²) in [4.78, 5) is 12.3. The van der Waals surface area contributed by atoms with Crippen molar-refractivity contribution in [1.29, 1.82) is 0 Å². The Labute approximate surface area is 135 Å². The van der Waals surface area contributed by atoms with Crippen LogP contribution >= 0.6 is 0 Å². The summed E-state index contributed by atoms with van der Waals surface area (Å²) in [6, 6.07) is 10.3. The summed E-state index contributed by atoms with van der Waals surface area (Å²) in [5.41, 5.74) is 3.52. The van der Waals surface area contributed by atoms with Crippen LogP contribution in [0.4, 0.5) is 5.69 Å². The fraction of sp³-hybridized carbons (Fsp3) is 0.389. The van der Waals surface area contributed by atoms with Crippen LogP contribution < -0.4 is 5.32 Å². The lowest BCUT2D eigenvalue weighted by Gasteiger charge is -2.12. The maximum atomic E-state index is 12.3. The van der Waals surface area contributed by atoms with E-state index in [0.29, 0.717) is 6.42 Å². The van der Waals surface area contributed by atoms with Gasteiger partial charge in [-0.05, 0) is 47.8 Å². The van der Waals surface area contributed by atoms with Gasteiger partial charge in [-0.3, -0.25) is 4.79 Å². The Morgan fingerprint density at radius 1 is 1.13 bits per heavy atom. The number of hydrogen-bond donors (Lipinski definition) is 1. The normalized spacial score (nSPS) is 21.7. The Morgan fingerprint density at radius 3 is 2.65 bits per heavy atom. The maximum absolute atomic E-state index is 12.3. The number of sulfone groups is 1. The summed E-state index contributed by atoms with van der Waals surface area (Å²) in [6.45, 7) is 0. The number of hydrogen-bond acceptors (Lipinski definition) is 3. The van der Waals surface area contributed by atoms with Gasteiger partial charge in [-0.15, -0.1) is 0 Å². The fourth-order valence-corrected chi connectivity index (χ4v) is 5.71. The van der Waals surface area contributed by atoms with E-state index in [1.54, 1.807) is 0 Å². The Hall–Kier alpha value is -1.88. The van der Waals surface area contributed by atoms with E-state index in [4.69, 9.17) is 0 Å². The third-order valence-electron chi connectivity index (χ3n) is 4.95. The standard InChI is InChI=1S/C18H19NO3S/c20-17(10-12-8-9-23(21,22)11-12)19-16-7-6-14-5-4-13-2-1-3-15(16)18(13)14/h1-3,6-7,12H,4-5,8-11H2,(H,19,20). The van der Waals surface area contributed by atoms with E-state index in [0.717, 1.165) is 23.9 Å². The molecule has 1 heterocycles. The molecular weight excluding hydrogens is 310 g/mol. The molecule has 0 spiro atoms. The van der Waals surface area contributed by atoms with Crippen molar-refractivity contribution in [2.45, 2.75) is 25.7 Å². The van der Waals surface area contributed by atoms with Crippen LogP contribution in [0.15, 0.2) is 30.3 Å². The van der Waals surface area contributed by atoms with Crippen molar-refractivity contribution in [2.24, 2.45) is 5.92 Å². The second-order valence-electron chi connectivity index (χ2n) is 6.63. The molecule has 0 aromatic heterocycles. The van der Waals surface area contributed by atoms with Crippen molar-refractivity contribution in [3.8, 4) is 0 Å². The molecule has 0 bridgehead atoms. The van der Waals surface area contributed by atoms with Gasteiger partial charge in [-0.1, -0.05) is 24.3 Å². The number of carbonyl (C=O) groups excluding carboxylic acids is 1. The summed E-state index contributed by atoms with van der Waals surface area (Å²) in [5, 5.41) is 5.35. The summed E-state index contributed by atoms with van der Waals surface area (Å²) in [6.07, 6.45) is 3.00. The zero-order valence-electron chi connectivity index (χ0n) is 12.8. The highest BCUT2D eigenvalue weighted by atomic mass is 32.2. The topological polar surface area (TPSA) is 63.2 Å². The van der Waals surface area contributed by atoms with Crippen LogP contribution in [0, 0.1) is 5.92 Å². The summed E-state index contributed by atoms with van der Waals surface area (Å²) < 4.78 is 23.0. The van der Waals surface area contributed by atoms with E-state index in [2.05, 4.69) is 17.4 Å². The van der Waals surface area contributed by atoms with E-state index in [1.165, 1.54) is 16.5 Å². The molecular formula is C18H19NO3S. The van der Waals surface area contributed by atoms with E-state index in [-0.39, 0.29) is 29.8 Å². The molecule has 1 aliphatic heterocycles. The molecule has 1 saturated heterocycles. The van der Waals surface area contributed by atoms with E-state index in [1.807, 2.05) is 18.2 Å². The van der Waals surface area contributed by atoms with Crippen LogP contribution in [0.5, 0.6) is 0 Å². The molecule has 2 aliphatic rings. The SMILES string of the molecule is O=C(CC1CCS(=O)(=O)C1)Nc1ccc2c3c(cccc13)CC2. The van der Waals surface area contributed by atoms with Gasteiger partial charge in [-0.25, -0.2) is 8.42 Å². The van der Waals surface area contributed by atoms with Gasteiger partial charge in [0.05, 0.1) is 11.5 Å². The van der Waals surface area contributed by atoms with Gasteiger partial charge in [0.2, 0.25) is 5.91 Å². The highest BCUT2D eigenvalue weighted by Gasteiger charge is 2.29. The molecule has 1 aliphatic carbocycles. The molecule has 2 aromatic rings. The molecule has 1 fully saturated rings. The number of carbonyl (C=O) groups is 1. The molecule has 4 nitrogen and oxygen atoms in total. The van der Waals surface area contributed by atoms with Crippen molar-refractivity contribution in [1.82, 2.24) is 0 Å². The first-order chi connectivity index (χ1) is 11.0. The van der Waals surface area contributed by atoms with Gasteiger partial charge in [0, 0.05) is 17.5 Å². The third-order valence-corrected chi connectivity index (χ3v) is 6.79. The number of benzene rings is 2. The second kappa shape index (κ2) is 5.34. The molecule has 5 heteroatoms. The first kappa shape index (κ1) is 14.7. The highest BCUT2D eigenvalue weighted by Crippen LogP contribution is 2.35. The Morgan fingerprint density at radius 2 is 1.91 bits per heavy atom. The molecule has 23 heavy (non-hydrogen) atoms. The summed E-state index contributed by atoms with van der Waals surface area (Å²) >= 11 is 0. The fourth-order valence-electron chi connectivity index (χ4n) is 3.85. The number of rotatable bonds is 3. The highest BCUT2D eigenvalue weighted by molar-refractivity contribution is 7.91. The van der Waals surface area contributed by atoms with Crippen LogP contribution in [0.25, 0.3) is 10.8 Å². The first-order valence-electron chi connectivity index (χ1n) is 8.05. The molecule has 1 unspecified atom stereocenters. The van der Waals surface area contributed by atoms with Crippen molar-refractivity contribution < 1.29 is 13.2 Å². The molecule has 1 atom stereocenters. The first-order valence-corrected chi connectivity index (χ1v) is 9.88. The number of aryl methyl sites for hydroxylation is 2. The lowest BCUT2D eigenvalue weighted by atomic mass is 10.0. The van der Waals surface area contributed by atoms with Gasteiger partial charge in [0.15, 0.2) is 9.84 Å². The number of nitrogens with one attached hydrogen (secondary N) is 1. The van der Waals surface area contributed by atoms with Crippen LogP contribution in [0.1, 0.15) is 24.0 Å². The third kappa shape index (κ3) is 2.74. The van der Waals surface area contributed by atoms with Crippen LogP contribution in [0.3, 0.4) is 0 Å². The molecule has 120 valence electrons. The van der Waals surface area contributed by atoms with E-state index >= 15 is 0 Å². The van der Waals surface area contributed by atoms with Gasteiger partial charge < -0.3 is 5.32 Å². The smallest absolute Gasteiger partial charge is 0.224 e. The zero-order chi connectivity index (χ0) is 16.0. The molecule has 1 amide bonds. The minimum Gasteiger partial charge on any atom is -0.326 e. The average molecular weight is 329 g/mol. The lowest BCUT2D eigenvalue weighted by molar-refractivity contribution is -0.116. The molecule has 4 rings (SSSR count). The van der Waals surface area contributed by atoms with Gasteiger partial charge in [0.25, 0.3) is 0 Å². The van der Waals surface area contributed by atoms with Gasteiger partial charge in [-0.2, -0.15) is 0 Å². The zero-order valence-corrected chi connectivity index (χ0v) is 13.7. The van der Waals surface area contributed by atoms with Gasteiger partial charge in [0.1, 0.15) is 0 Å². The summed E-state index contributed by atoms with van der Waals surface area (Å²) in [5.74, 6) is 0.221. The van der Waals surface area contributed by atoms with Crippen molar-refractivity contribution in [3.05, 3.63) is 41.5 Å². The second-order valence-corrected chi connectivity index (χ2v) is 8.86. The minimum absolute atomic E-state index is 0.0446. The predicted octanol–water partition coefficient (Wildman–Crippen LogP) is 2.70.